The Morgan fingerprint density at radius 3 is 2.33 bits per heavy atom. The second-order valence-electron chi connectivity index (χ2n) is 3.88. The van der Waals surface area contributed by atoms with Gasteiger partial charge in [0, 0.05) is 6.07 Å². The Hall–Kier alpha value is -2.07. The van der Waals surface area contributed by atoms with Gasteiger partial charge in [-0.2, -0.15) is 0 Å². The van der Waals surface area contributed by atoms with E-state index in [0.29, 0.717) is 11.6 Å². The summed E-state index contributed by atoms with van der Waals surface area (Å²) < 4.78 is 26.2. The lowest BCUT2D eigenvalue weighted by atomic mass is 9.98. The van der Waals surface area contributed by atoms with Crippen molar-refractivity contribution in [2.75, 3.05) is 0 Å². The van der Waals surface area contributed by atoms with Gasteiger partial charge in [0.1, 0.15) is 11.6 Å². The lowest BCUT2D eigenvalue weighted by Gasteiger charge is -2.11. The first-order valence-corrected chi connectivity index (χ1v) is 5.39. The van der Waals surface area contributed by atoms with Crippen LogP contribution < -0.4 is 5.73 Å². The smallest absolute Gasteiger partial charge is 0.186 e. The van der Waals surface area contributed by atoms with Gasteiger partial charge in [-0.3, -0.25) is 4.79 Å². The Balaban J connectivity index is 2.32. The van der Waals surface area contributed by atoms with E-state index in [2.05, 4.69) is 0 Å². The largest absolute Gasteiger partial charge is 0.318 e. The molecule has 0 spiro atoms. The van der Waals surface area contributed by atoms with Crippen LogP contribution in [0.15, 0.2) is 48.5 Å². The van der Waals surface area contributed by atoms with Gasteiger partial charge in [0.2, 0.25) is 0 Å². The Labute approximate surface area is 103 Å². The van der Waals surface area contributed by atoms with Crippen molar-refractivity contribution >= 4 is 5.78 Å². The minimum atomic E-state index is -0.953. The monoisotopic (exact) mass is 247 g/mol. The zero-order chi connectivity index (χ0) is 13.1. The van der Waals surface area contributed by atoms with Crippen LogP contribution in [0.4, 0.5) is 8.78 Å². The molecule has 2 rings (SSSR count). The molecule has 0 heterocycles. The average molecular weight is 247 g/mol. The summed E-state index contributed by atoms with van der Waals surface area (Å²) in [6.07, 6.45) is 0. The summed E-state index contributed by atoms with van der Waals surface area (Å²) in [7, 11) is 0. The average Bonchev–Trinajstić information content (AvgIpc) is 2.38. The highest BCUT2D eigenvalue weighted by Gasteiger charge is 2.20. The maximum atomic E-state index is 13.5. The second-order valence-corrected chi connectivity index (χ2v) is 3.88. The molecule has 0 saturated carbocycles. The number of rotatable bonds is 3. The maximum Gasteiger partial charge on any atom is 0.186 e. The fourth-order valence-corrected chi connectivity index (χ4v) is 1.67. The zero-order valence-corrected chi connectivity index (χ0v) is 9.44. The number of hydrogen-bond acceptors (Lipinski definition) is 2. The van der Waals surface area contributed by atoms with E-state index in [-0.39, 0.29) is 5.56 Å². The number of nitrogens with two attached hydrogens (primary N) is 1. The molecule has 1 unspecified atom stereocenters. The lowest BCUT2D eigenvalue weighted by molar-refractivity contribution is 0.0957. The fraction of sp³-hybridized carbons (Fsp3) is 0.0714. The first kappa shape index (κ1) is 12.4. The van der Waals surface area contributed by atoms with Crippen LogP contribution in [0, 0.1) is 11.6 Å². The highest BCUT2D eigenvalue weighted by Crippen LogP contribution is 2.18. The molecule has 0 aliphatic rings. The van der Waals surface area contributed by atoms with Crippen molar-refractivity contribution in [1.29, 1.82) is 0 Å². The third kappa shape index (κ3) is 2.43. The third-order valence-corrected chi connectivity index (χ3v) is 2.64. The van der Waals surface area contributed by atoms with Crippen molar-refractivity contribution in [2.45, 2.75) is 6.04 Å². The summed E-state index contributed by atoms with van der Waals surface area (Å²) in [4.78, 5) is 12.0. The first-order chi connectivity index (χ1) is 8.59. The highest BCUT2D eigenvalue weighted by molar-refractivity contribution is 6.00. The van der Waals surface area contributed by atoms with Crippen LogP contribution in [-0.4, -0.2) is 5.78 Å². The zero-order valence-electron chi connectivity index (χ0n) is 9.44. The Bertz CT molecular complexity index is 569. The van der Waals surface area contributed by atoms with Gasteiger partial charge in [0.15, 0.2) is 5.78 Å². The van der Waals surface area contributed by atoms with Gasteiger partial charge in [-0.05, 0) is 17.7 Å². The summed E-state index contributed by atoms with van der Waals surface area (Å²) in [6.45, 7) is 0. The molecular weight excluding hydrogens is 236 g/mol. The lowest BCUT2D eigenvalue weighted by Crippen LogP contribution is -2.22. The van der Waals surface area contributed by atoms with Gasteiger partial charge in [0.05, 0.1) is 11.6 Å². The van der Waals surface area contributed by atoms with Crippen LogP contribution in [0.25, 0.3) is 0 Å². The molecule has 18 heavy (non-hydrogen) atoms. The molecule has 0 bridgehead atoms. The van der Waals surface area contributed by atoms with Gasteiger partial charge in [0.25, 0.3) is 0 Å². The van der Waals surface area contributed by atoms with E-state index in [0.717, 1.165) is 12.1 Å². The minimum absolute atomic E-state index is 0.201. The predicted octanol–water partition coefficient (Wildman–Crippen LogP) is 2.85. The van der Waals surface area contributed by atoms with Crippen LogP contribution in [0.3, 0.4) is 0 Å². The van der Waals surface area contributed by atoms with E-state index in [4.69, 9.17) is 5.73 Å². The van der Waals surface area contributed by atoms with Gasteiger partial charge in [-0.25, -0.2) is 8.78 Å². The van der Waals surface area contributed by atoms with E-state index >= 15 is 0 Å². The second kappa shape index (κ2) is 5.06. The van der Waals surface area contributed by atoms with E-state index in [9.17, 15) is 13.6 Å². The van der Waals surface area contributed by atoms with Crippen LogP contribution >= 0.6 is 0 Å². The summed E-state index contributed by atoms with van der Waals surface area (Å²) in [5.74, 6) is -2.19. The number of carbonyl (C=O) groups is 1. The van der Waals surface area contributed by atoms with Gasteiger partial charge in [-0.15, -0.1) is 0 Å². The molecule has 2 aromatic rings. The Morgan fingerprint density at radius 1 is 1.06 bits per heavy atom. The molecule has 0 radical (unpaired) electrons. The standard InChI is InChI=1S/C14H11F2NO/c15-10-6-7-11(12(16)8-10)14(18)13(17)9-4-2-1-3-5-9/h1-8,13H,17H2. The van der Waals surface area contributed by atoms with E-state index in [1.54, 1.807) is 30.3 Å². The molecule has 2 N–H and O–H groups in total. The van der Waals surface area contributed by atoms with E-state index in [1.165, 1.54) is 0 Å². The molecule has 0 aromatic heterocycles. The van der Waals surface area contributed by atoms with Gasteiger partial charge < -0.3 is 5.73 Å². The fourth-order valence-electron chi connectivity index (χ4n) is 1.67. The first-order valence-electron chi connectivity index (χ1n) is 5.39. The molecular formula is C14H11F2NO. The normalized spacial score (nSPS) is 12.2. The molecule has 0 aliphatic heterocycles. The van der Waals surface area contributed by atoms with Gasteiger partial charge in [-0.1, -0.05) is 30.3 Å². The topological polar surface area (TPSA) is 43.1 Å². The summed E-state index contributed by atoms with van der Waals surface area (Å²) >= 11 is 0. The van der Waals surface area contributed by atoms with Crippen LogP contribution in [-0.2, 0) is 0 Å². The molecule has 2 nitrogen and oxygen atoms in total. The number of benzene rings is 2. The molecule has 2 aromatic carbocycles. The number of ketones is 1. The Kier molecular flexibility index (Phi) is 3.48. The molecule has 0 amide bonds. The van der Waals surface area contributed by atoms with Crippen molar-refractivity contribution in [3.05, 3.63) is 71.3 Å². The summed E-state index contributed by atoms with van der Waals surface area (Å²) in [5.41, 5.74) is 6.16. The Morgan fingerprint density at radius 2 is 1.72 bits per heavy atom. The van der Waals surface area contributed by atoms with Crippen molar-refractivity contribution in [2.24, 2.45) is 5.73 Å². The minimum Gasteiger partial charge on any atom is -0.318 e. The summed E-state index contributed by atoms with van der Waals surface area (Å²) in [6, 6.07) is 10.5. The molecule has 92 valence electrons. The molecule has 0 saturated heterocycles. The number of halogens is 2. The highest BCUT2D eigenvalue weighted by atomic mass is 19.1. The SMILES string of the molecule is NC(C(=O)c1ccc(F)cc1F)c1ccccc1. The van der Waals surface area contributed by atoms with Gasteiger partial charge >= 0.3 is 0 Å². The van der Waals surface area contributed by atoms with Crippen molar-refractivity contribution in [3.8, 4) is 0 Å². The van der Waals surface area contributed by atoms with Crippen LogP contribution in [0.1, 0.15) is 22.0 Å². The molecule has 0 aliphatic carbocycles. The van der Waals surface area contributed by atoms with Crippen molar-refractivity contribution in [3.63, 3.8) is 0 Å². The van der Waals surface area contributed by atoms with Crippen molar-refractivity contribution < 1.29 is 13.6 Å². The van der Waals surface area contributed by atoms with E-state index < -0.39 is 23.5 Å². The number of Topliss-reactive ketones (excluding diaryl/α,β-unsaturated/α-hetero) is 1. The van der Waals surface area contributed by atoms with Crippen molar-refractivity contribution in [1.82, 2.24) is 0 Å². The quantitative estimate of drug-likeness (QED) is 0.847. The van der Waals surface area contributed by atoms with Crippen LogP contribution in [0.2, 0.25) is 0 Å². The number of carbonyl (C=O) groups excluding carboxylic acids is 1. The molecule has 4 heteroatoms. The summed E-state index contributed by atoms with van der Waals surface area (Å²) in [5, 5.41) is 0. The maximum absolute atomic E-state index is 13.5. The molecule has 1 atom stereocenters. The van der Waals surface area contributed by atoms with Crippen LogP contribution in [0.5, 0.6) is 0 Å². The molecule has 0 fully saturated rings. The predicted molar refractivity (Wildman–Crippen MR) is 64.1 cm³/mol. The number of hydrogen-bond donors (Lipinski definition) is 1. The van der Waals surface area contributed by atoms with E-state index in [1.807, 2.05) is 0 Å². The third-order valence-electron chi connectivity index (χ3n) is 2.64.